The van der Waals surface area contributed by atoms with E-state index in [0.717, 1.165) is 5.69 Å². The lowest BCUT2D eigenvalue weighted by Gasteiger charge is -2.24. The van der Waals surface area contributed by atoms with Gasteiger partial charge in [-0.15, -0.1) is 0 Å². The Labute approximate surface area is 117 Å². The van der Waals surface area contributed by atoms with Crippen LogP contribution < -0.4 is 5.32 Å². The van der Waals surface area contributed by atoms with Crippen LogP contribution >= 0.6 is 11.6 Å². The average molecular weight is 303 g/mol. The van der Waals surface area contributed by atoms with E-state index in [2.05, 4.69) is 10.3 Å². The van der Waals surface area contributed by atoms with Crippen LogP contribution in [0.4, 0.5) is 0 Å². The first-order valence-corrected chi connectivity index (χ1v) is 8.06. The van der Waals surface area contributed by atoms with Crippen molar-refractivity contribution in [3.8, 4) is 0 Å². The van der Waals surface area contributed by atoms with Crippen LogP contribution in [0.25, 0.3) is 0 Å². The zero-order chi connectivity index (χ0) is 14.3. The third-order valence-corrected chi connectivity index (χ3v) is 5.37. The van der Waals surface area contributed by atoms with Crippen LogP contribution in [-0.4, -0.2) is 36.4 Å². The Hall–Kier alpha value is -1.14. The quantitative estimate of drug-likeness (QED) is 0.894. The van der Waals surface area contributed by atoms with E-state index >= 15 is 0 Å². The van der Waals surface area contributed by atoms with Gasteiger partial charge in [-0.1, -0.05) is 11.6 Å². The molecule has 0 bridgehead atoms. The summed E-state index contributed by atoms with van der Waals surface area (Å²) in [6, 6.07) is 1.60. The summed E-state index contributed by atoms with van der Waals surface area (Å²) in [6.07, 6.45) is 1.82. The van der Waals surface area contributed by atoms with Crippen LogP contribution in [0.5, 0.6) is 0 Å². The number of hydrogen-bond donors (Lipinski definition) is 1. The second kappa shape index (κ2) is 4.76. The van der Waals surface area contributed by atoms with Gasteiger partial charge in [0.1, 0.15) is 0 Å². The normalized spacial score (nSPS) is 25.2. The monoisotopic (exact) mass is 302 g/mol. The zero-order valence-corrected chi connectivity index (χ0v) is 12.3. The van der Waals surface area contributed by atoms with Crippen LogP contribution in [0.3, 0.4) is 0 Å². The Balaban J connectivity index is 2.18. The third kappa shape index (κ3) is 3.25. The van der Waals surface area contributed by atoms with Gasteiger partial charge in [0.25, 0.3) is 5.91 Å². The molecule has 1 fully saturated rings. The van der Waals surface area contributed by atoms with E-state index in [1.165, 1.54) is 6.20 Å². The molecule has 0 spiro atoms. The first-order chi connectivity index (χ1) is 8.71. The molecule has 7 heteroatoms. The smallest absolute Gasteiger partial charge is 0.254 e. The molecule has 0 radical (unpaired) electrons. The highest BCUT2D eigenvalue weighted by Crippen LogP contribution is 2.24. The fourth-order valence-corrected chi connectivity index (χ4v) is 4.53. The van der Waals surface area contributed by atoms with Crippen LogP contribution in [0.2, 0.25) is 5.02 Å². The molecule has 1 aromatic rings. The number of nitrogens with one attached hydrogen (secondary N) is 1. The lowest BCUT2D eigenvalue weighted by Crippen LogP contribution is -2.47. The predicted octanol–water partition coefficient (Wildman–Crippen LogP) is 1.35. The van der Waals surface area contributed by atoms with Crippen molar-refractivity contribution in [1.29, 1.82) is 0 Å². The molecule has 19 heavy (non-hydrogen) atoms. The van der Waals surface area contributed by atoms with Crippen molar-refractivity contribution in [3.63, 3.8) is 0 Å². The molecule has 1 aliphatic rings. The minimum atomic E-state index is -3.06. The average Bonchev–Trinajstić information content (AvgIpc) is 2.52. The highest BCUT2D eigenvalue weighted by atomic mass is 35.5. The maximum atomic E-state index is 12.1. The number of carbonyl (C=O) groups excluding carboxylic acids is 1. The first-order valence-electron chi connectivity index (χ1n) is 5.86. The lowest BCUT2D eigenvalue weighted by atomic mass is 10.0. The molecular weight excluding hydrogens is 288 g/mol. The summed E-state index contributed by atoms with van der Waals surface area (Å²) >= 11 is 5.99. The Kier molecular flexibility index (Phi) is 3.57. The van der Waals surface area contributed by atoms with Crippen molar-refractivity contribution in [3.05, 3.63) is 28.5 Å². The Morgan fingerprint density at radius 1 is 1.53 bits per heavy atom. The Morgan fingerprint density at radius 2 is 2.21 bits per heavy atom. The second-order valence-electron chi connectivity index (χ2n) is 5.16. The molecule has 2 rings (SSSR count). The zero-order valence-electron chi connectivity index (χ0n) is 10.7. The third-order valence-electron chi connectivity index (χ3n) is 3.15. The number of sulfone groups is 1. The van der Waals surface area contributed by atoms with E-state index in [1.54, 1.807) is 19.9 Å². The topological polar surface area (TPSA) is 76.1 Å². The number of rotatable bonds is 2. The molecule has 104 valence electrons. The highest BCUT2D eigenvalue weighted by Gasteiger charge is 2.39. The van der Waals surface area contributed by atoms with E-state index in [-0.39, 0.29) is 17.1 Å². The summed E-state index contributed by atoms with van der Waals surface area (Å²) in [4.78, 5) is 16.1. The van der Waals surface area contributed by atoms with Gasteiger partial charge in [0.05, 0.1) is 27.6 Å². The number of carbonyl (C=O) groups is 1. The van der Waals surface area contributed by atoms with Gasteiger partial charge in [-0.3, -0.25) is 9.78 Å². The maximum absolute atomic E-state index is 12.1. The van der Waals surface area contributed by atoms with Crippen molar-refractivity contribution >= 4 is 27.3 Å². The molecule has 0 aromatic carbocycles. The summed E-state index contributed by atoms with van der Waals surface area (Å²) in [6.45, 7) is 3.50. The van der Waals surface area contributed by atoms with E-state index in [4.69, 9.17) is 11.6 Å². The minimum absolute atomic E-state index is 0.0390. The van der Waals surface area contributed by atoms with Crippen molar-refractivity contribution in [1.82, 2.24) is 10.3 Å². The Morgan fingerprint density at radius 3 is 2.74 bits per heavy atom. The standard InChI is InChI=1S/C12H15ClN2O3S/c1-8-5-10(13)9(6-14-8)11(16)15-12(2)3-4-19(17,18)7-12/h5-6H,3-4,7H2,1-2H3,(H,15,16). The molecule has 1 saturated heterocycles. The molecule has 1 atom stereocenters. The minimum Gasteiger partial charge on any atom is -0.346 e. The molecule has 1 aliphatic heterocycles. The van der Waals surface area contributed by atoms with E-state index in [1.807, 2.05) is 0 Å². The fraction of sp³-hybridized carbons (Fsp3) is 0.500. The van der Waals surface area contributed by atoms with Crippen LogP contribution in [0.1, 0.15) is 29.4 Å². The summed E-state index contributed by atoms with van der Waals surface area (Å²) < 4.78 is 23.0. The molecule has 1 unspecified atom stereocenters. The van der Waals surface area contributed by atoms with Crippen molar-refractivity contribution in [2.24, 2.45) is 0 Å². The predicted molar refractivity (Wildman–Crippen MR) is 73.1 cm³/mol. The number of amides is 1. The van der Waals surface area contributed by atoms with E-state index in [0.29, 0.717) is 11.4 Å². The molecule has 0 saturated carbocycles. The van der Waals surface area contributed by atoms with E-state index < -0.39 is 21.3 Å². The number of aromatic nitrogens is 1. The summed E-state index contributed by atoms with van der Waals surface area (Å²) in [5, 5.41) is 3.06. The molecule has 0 aliphatic carbocycles. The van der Waals surface area contributed by atoms with Gasteiger partial charge in [-0.05, 0) is 26.3 Å². The first kappa shape index (κ1) is 14.3. The van der Waals surface area contributed by atoms with Crippen molar-refractivity contribution in [2.75, 3.05) is 11.5 Å². The molecule has 1 aromatic heterocycles. The van der Waals surface area contributed by atoms with Gasteiger partial charge in [0.15, 0.2) is 9.84 Å². The van der Waals surface area contributed by atoms with Gasteiger partial charge >= 0.3 is 0 Å². The van der Waals surface area contributed by atoms with Gasteiger partial charge in [0.2, 0.25) is 0 Å². The number of hydrogen-bond acceptors (Lipinski definition) is 4. The van der Waals surface area contributed by atoms with Crippen LogP contribution in [-0.2, 0) is 9.84 Å². The van der Waals surface area contributed by atoms with Crippen molar-refractivity contribution in [2.45, 2.75) is 25.8 Å². The number of nitrogens with zero attached hydrogens (tertiary/aromatic N) is 1. The van der Waals surface area contributed by atoms with Gasteiger partial charge in [-0.25, -0.2) is 8.42 Å². The lowest BCUT2D eigenvalue weighted by molar-refractivity contribution is 0.0915. The molecule has 2 heterocycles. The van der Waals surface area contributed by atoms with Gasteiger partial charge in [-0.2, -0.15) is 0 Å². The largest absolute Gasteiger partial charge is 0.346 e. The molecule has 1 N–H and O–H groups in total. The molecule has 1 amide bonds. The van der Waals surface area contributed by atoms with Crippen LogP contribution in [0.15, 0.2) is 12.3 Å². The number of halogens is 1. The van der Waals surface area contributed by atoms with Gasteiger partial charge in [0, 0.05) is 11.9 Å². The Bertz CT molecular complexity index is 630. The molecule has 5 nitrogen and oxygen atoms in total. The summed E-state index contributed by atoms with van der Waals surface area (Å²) in [7, 11) is -3.06. The molecular formula is C12H15ClN2O3S. The van der Waals surface area contributed by atoms with Crippen LogP contribution in [0, 0.1) is 6.92 Å². The maximum Gasteiger partial charge on any atom is 0.254 e. The SMILES string of the molecule is Cc1cc(Cl)c(C(=O)NC2(C)CCS(=O)(=O)C2)cn1. The fourth-order valence-electron chi connectivity index (χ4n) is 2.14. The van der Waals surface area contributed by atoms with Gasteiger partial charge < -0.3 is 5.32 Å². The van der Waals surface area contributed by atoms with Crippen molar-refractivity contribution < 1.29 is 13.2 Å². The summed E-state index contributed by atoms with van der Waals surface area (Å²) in [5.41, 5.74) is 0.249. The second-order valence-corrected chi connectivity index (χ2v) is 7.75. The summed E-state index contributed by atoms with van der Waals surface area (Å²) in [5.74, 6) is -0.330. The number of aryl methyl sites for hydroxylation is 1. The van der Waals surface area contributed by atoms with E-state index in [9.17, 15) is 13.2 Å². The number of pyridine rings is 1. The highest BCUT2D eigenvalue weighted by molar-refractivity contribution is 7.91.